The van der Waals surface area contributed by atoms with Crippen LogP contribution in [0.1, 0.15) is 54.1 Å². The monoisotopic (exact) mass is 480 g/mol. The number of aliphatic hydroxyl groups excluding tert-OH is 1. The van der Waals surface area contributed by atoms with Crippen molar-refractivity contribution in [1.82, 2.24) is 4.98 Å². The van der Waals surface area contributed by atoms with Gasteiger partial charge in [0.25, 0.3) is 5.78 Å². The average Bonchev–Trinajstić information content (AvgIpc) is 3.23. The van der Waals surface area contributed by atoms with E-state index in [9.17, 15) is 14.7 Å². The van der Waals surface area contributed by atoms with Crippen molar-refractivity contribution in [3.05, 3.63) is 86.4 Å². The summed E-state index contributed by atoms with van der Waals surface area (Å²) >= 11 is 7.35. The SMILES string of the molecule is Cc1nc(N2C(=O)C(=O)/C(=C(/O)c3ccc(Cl)cc3)[C@H]2c2ccc(C(C)(C)C)cc2)sc1C. The van der Waals surface area contributed by atoms with Crippen LogP contribution < -0.4 is 4.90 Å². The zero-order valence-corrected chi connectivity index (χ0v) is 20.7. The Morgan fingerprint density at radius 3 is 2.15 bits per heavy atom. The van der Waals surface area contributed by atoms with Gasteiger partial charge in [-0.05, 0) is 54.7 Å². The minimum atomic E-state index is -0.792. The van der Waals surface area contributed by atoms with Gasteiger partial charge in [0, 0.05) is 15.5 Å². The molecule has 0 unspecified atom stereocenters. The number of anilines is 1. The second-order valence-corrected chi connectivity index (χ2v) is 10.8. The highest BCUT2D eigenvalue weighted by Crippen LogP contribution is 2.44. The van der Waals surface area contributed by atoms with Crippen LogP contribution in [0, 0.1) is 13.8 Å². The minimum Gasteiger partial charge on any atom is -0.507 e. The third-order valence-corrected chi connectivity index (χ3v) is 7.20. The molecule has 5 nitrogen and oxygen atoms in total. The van der Waals surface area contributed by atoms with E-state index in [0.29, 0.717) is 15.7 Å². The van der Waals surface area contributed by atoms with Crippen LogP contribution in [0.25, 0.3) is 5.76 Å². The summed E-state index contributed by atoms with van der Waals surface area (Å²) in [7, 11) is 0. The van der Waals surface area contributed by atoms with Gasteiger partial charge in [-0.2, -0.15) is 0 Å². The normalized spacial score (nSPS) is 18.2. The first-order chi connectivity index (χ1) is 15.5. The highest BCUT2D eigenvalue weighted by Gasteiger charge is 2.48. The molecule has 0 aliphatic carbocycles. The molecule has 170 valence electrons. The van der Waals surface area contributed by atoms with Crippen molar-refractivity contribution in [3.63, 3.8) is 0 Å². The number of aromatic nitrogens is 1. The molecule has 1 fully saturated rings. The number of Topliss-reactive ketones (excluding diaryl/α,β-unsaturated/α-hetero) is 1. The molecule has 3 aromatic rings. The van der Waals surface area contributed by atoms with Crippen molar-refractivity contribution in [2.75, 3.05) is 4.90 Å². The number of nitrogens with zero attached hydrogens (tertiary/aromatic N) is 2. The maximum atomic E-state index is 13.2. The Kier molecular flexibility index (Phi) is 5.93. The summed E-state index contributed by atoms with van der Waals surface area (Å²) in [5.74, 6) is -1.68. The van der Waals surface area contributed by atoms with Gasteiger partial charge in [0.1, 0.15) is 5.76 Å². The van der Waals surface area contributed by atoms with E-state index in [0.717, 1.165) is 21.7 Å². The lowest BCUT2D eigenvalue weighted by atomic mass is 9.85. The van der Waals surface area contributed by atoms with Crippen molar-refractivity contribution in [2.45, 2.75) is 46.1 Å². The van der Waals surface area contributed by atoms with Gasteiger partial charge in [-0.3, -0.25) is 14.5 Å². The number of aliphatic hydroxyl groups is 1. The third-order valence-electron chi connectivity index (χ3n) is 5.88. The molecule has 33 heavy (non-hydrogen) atoms. The fourth-order valence-corrected chi connectivity index (χ4v) is 4.90. The van der Waals surface area contributed by atoms with Crippen LogP contribution in [-0.2, 0) is 15.0 Å². The number of aryl methyl sites for hydroxylation is 2. The summed E-state index contributed by atoms with van der Waals surface area (Å²) < 4.78 is 0. The van der Waals surface area contributed by atoms with Crippen molar-refractivity contribution in [3.8, 4) is 0 Å². The van der Waals surface area contributed by atoms with Crippen molar-refractivity contribution >= 4 is 45.5 Å². The summed E-state index contributed by atoms with van der Waals surface area (Å²) in [5, 5.41) is 12.1. The zero-order chi connectivity index (χ0) is 24.1. The Labute approximate surface area is 202 Å². The summed E-state index contributed by atoms with van der Waals surface area (Å²) in [6.07, 6.45) is 0. The van der Waals surface area contributed by atoms with E-state index in [4.69, 9.17) is 11.6 Å². The van der Waals surface area contributed by atoms with Crippen LogP contribution in [0.4, 0.5) is 5.13 Å². The zero-order valence-electron chi connectivity index (χ0n) is 19.1. The number of carbonyl (C=O) groups is 2. The lowest BCUT2D eigenvalue weighted by Crippen LogP contribution is -2.29. The van der Waals surface area contributed by atoms with E-state index in [1.807, 2.05) is 38.1 Å². The first-order valence-corrected chi connectivity index (χ1v) is 11.8. The lowest BCUT2D eigenvalue weighted by Gasteiger charge is -2.24. The van der Waals surface area contributed by atoms with Crippen LogP contribution in [0.15, 0.2) is 54.1 Å². The number of benzene rings is 2. The largest absolute Gasteiger partial charge is 0.507 e. The predicted molar refractivity (Wildman–Crippen MR) is 133 cm³/mol. The Hall–Kier alpha value is -2.96. The average molecular weight is 481 g/mol. The van der Waals surface area contributed by atoms with Gasteiger partial charge in [-0.15, -0.1) is 11.3 Å². The topological polar surface area (TPSA) is 70.5 Å². The van der Waals surface area contributed by atoms with E-state index >= 15 is 0 Å². The number of hydrogen-bond donors (Lipinski definition) is 1. The summed E-state index contributed by atoms with van der Waals surface area (Å²) in [6, 6.07) is 13.5. The molecule has 2 aromatic carbocycles. The molecular weight excluding hydrogens is 456 g/mol. The minimum absolute atomic E-state index is 0.0383. The van der Waals surface area contributed by atoms with Crippen LogP contribution >= 0.6 is 22.9 Å². The molecule has 1 N–H and O–H groups in total. The smallest absolute Gasteiger partial charge is 0.301 e. The fraction of sp³-hybridized carbons (Fsp3) is 0.269. The standard InChI is InChI=1S/C26H25ClN2O3S/c1-14-15(2)33-25(28-14)29-21(16-6-10-18(11-7-16)26(3,4)5)20(23(31)24(29)32)22(30)17-8-12-19(27)13-9-17/h6-13,21,30H,1-5H3/b22-20+/t21-/m1/s1. The van der Waals surface area contributed by atoms with E-state index in [1.165, 1.54) is 16.2 Å². The van der Waals surface area contributed by atoms with Gasteiger partial charge in [-0.1, -0.05) is 56.6 Å². The molecule has 4 rings (SSSR count). The van der Waals surface area contributed by atoms with Gasteiger partial charge < -0.3 is 5.11 Å². The Bertz CT molecular complexity index is 1250. The van der Waals surface area contributed by atoms with E-state index < -0.39 is 17.7 Å². The molecule has 0 bridgehead atoms. The number of amides is 1. The third kappa shape index (κ3) is 4.21. The molecule has 1 aliphatic rings. The molecule has 1 amide bonds. The first kappa shape index (κ1) is 23.2. The van der Waals surface area contributed by atoms with Gasteiger partial charge in [-0.25, -0.2) is 4.98 Å². The molecule has 1 atom stereocenters. The molecular formula is C26H25ClN2O3S. The number of halogens is 1. The van der Waals surface area contributed by atoms with Crippen LogP contribution in [0.3, 0.4) is 0 Å². The number of hydrogen-bond acceptors (Lipinski definition) is 5. The lowest BCUT2D eigenvalue weighted by molar-refractivity contribution is -0.132. The van der Waals surface area contributed by atoms with Gasteiger partial charge >= 0.3 is 5.91 Å². The highest BCUT2D eigenvalue weighted by molar-refractivity contribution is 7.16. The Morgan fingerprint density at radius 2 is 1.64 bits per heavy atom. The van der Waals surface area contributed by atoms with Gasteiger partial charge in [0.05, 0.1) is 17.3 Å². The second-order valence-electron chi connectivity index (χ2n) is 9.19. The summed E-state index contributed by atoms with van der Waals surface area (Å²) in [4.78, 5) is 33.3. The first-order valence-electron chi connectivity index (χ1n) is 10.6. The second kappa shape index (κ2) is 8.43. The fourth-order valence-electron chi connectivity index (χ4n) is 3.83. The molecule has 1 saturated heterocycles. The van der Waals surface area contributed by atoms with Gasteiger partial charge in [0.15, 0.2) is 5.13 Å². The summed E-state index contributed by atoms with van der Waals surface area (Å²) in [6.45, 7) is 10.2. The van der Waals surface area contributed by atoms with Crippen LogP contribution in [0.2, 0.25) is 5.02 Å². The van der Waals surface area contributed by atoms with Crippen molar-refractivity contribution in [2.24, 2.45) is 0 Å². The number of thiazole rings is 1. The molecule has 0 radical (unpaired) electrons. The van der Waals surface area contributed by atoms with E-state index in [-0.39, 0.29) is 16.7 Å². The summed E-state index contributed by atoms with van der Waals surface area (Å²) in [5.41, 5.74) is 3.06. The quantitative estimate of drug-likeness (QED) is 0.270. The molecule has 2 heterocycles. The molecule has 7 heteroatoms. The van der Waals surface area contributed by atoms with Crippen LogP contribution in [0.5, 0.6) is 0 Å². The predicted octanol–water partition coefficient (Wildman–Crippen LogP) is 6.34. The number of ketones is 1. The maximum Gasteiger partial charge on any atom is 0.301 e. The molecule has 0 spiro atoms. The van der Waals surface area contributed by atoms with Crippen molar-refractivity contribution in [1.29, 1.82) is 0 Å². The number of rotatable bonds is 3. The van der Waals surface area contributed by atoms with Gasteiger partial charge in [0.2, 0.25) is 0 Å². The van der Waals surface area contributed by atoms with Crippen LogP contribution in [-0.4, -0.2) is 21.8 Å². The highest BCUT2D eigenvalue weighted by atomic mass is 35.5. The van der Waals surface area contributed by atoms with Crippen molar-refractivity contribution < 1.29 is 14.7 Å². The molecule has 1 aromatic heterocycles. The Morgan fingerprint density at radius 1 is 1.03 bits per heavy atom. The van der Waals surface area contributed by atoms with E-state index in [2.05, 4.69) is 25.8 Å². The molecule has 1 aliphatic heterocycles. The molecule has 0 saturated carbocycles. The Balaban J connectivity index is 1.92. The number of carbonyl (C=O) groups excluding carboxylic acids is 2. The van der Waals surface area contributed by atoms with E-state index in [1.54, 1.807) is 24.3 Å². The maximum absolute atomic E-state index is 13.2.